The molecule has 110 valence electrons. The third kappa shape index (κ3) is 3.32. The van der Waals surface area contributed by atoms with Gasteiger partial charge in [-0.25, -0.2) is 9.59 Å². The van der Waals surface area contributed by atoms with E-state index in [9.17, 15) is 14.7 Å². The lowest BCUT2D eigenvalue weighted by atomic mass is 10.2. The number of aryl methyl sites for hydroxylation is 1. The lowest BCUT2D eigenvalue weighted by Crippen LogP contribution is -2.31. The Morgan fingerprint density at radius 1 is 1.33 bits per heavy atom. The normalized spacial score (nSPS) is 10.2. The Morgan fingerprint density at radius 2 is 1.95 bits per heavy atom. The number of amides is 2. The van der Waals surface area contributed by atoms with Crippen molar-refractivity contribution in [1.82, 2.24) is 4.37 Å². The Kier molecular flexibility index (Phi) is 4.44. The van der Waals surface area contributed by atoms with Gasteiger partial charge in [-0.3, -0.25) is 4.90 Å². The minimum atomic E-state index is -1.11. The Morgan fingerprint density at radius 3 is 2.52 bits per heavy atom. The number of halogens is 1. The number of benzene rings is 1. The van der Waals surface area contributed by atoms with Crippen molar-refractivity contribution in [3.63, 3.8) is 0 Å². The smallest absolute Gasteiger partial charge is 0.340 e. The van der Waals surface area contributed by atoms with Gasteiger partial charge in [-0.15, -0.1) is 0 Å². The summed E-state index contributed by atoms with van der Waals surface area (Å²) < 4.78 is 3.98. The van der Waals surface area contributed by atoms with E-state index in [1.807, 2.05) is 0 Å². The molecule has 0 spiro atoms. The van der Waals surface area contributed by atoms with Gasteiger partial charge in [0.15, 0.2) is 0 Å². The van der Waals surface area contributed by atoms with Crippen LogP contribution in [0.5, 0.6) is 0 Å². The van der Waals surface area contributed by atoms with Gasteiger partial charge in [0, 0.05) is 17.8 Å². The molecule has 6 nitrogen and oxygen atoms in total. The molecule has 0 fully saturated rings. The third-order valence-electron chi connectivity index (χ3n) is 2.76. The van der Waals surface area contributed by atoms with Crippen molar-refractivity contribution in [2.24, 2.45) is 0 Å². The molecule has 0 aliphatic heterocycles. The highest BCUT2D eigenvalue weighted by Crippen LogP contribution is 2.28. The predicted molar refractivity (Wildman–Crippen MR) is 82.7 cm³/mol. The average Bonchev–Trinajstić information content (AvgIpc) is 2.82. The summed E-state index contributed by atoms with van der Waals surface area (Å²) in [6.45, 7) is 1.59. The molecular weight excluding hydrogens is 314 g/mol. The summed E-state index contributed by atoms with van der Waals surface area (Å²) >= 11 is 6.74. The van der Waals surface area contributed by atoms with Crippen molar-refractivity contribution < 1.29 is 14.7 Å². The van der Waals surface area contributed by atoms with Crippen LogP contribution < -0.4 is 10.2 Å². The van der Waals surface area contributed by atoms with Crippen LogP contribution in [-0.2, 0) is 0 Å². The van der Waals surface area contributed by atoms with Crippen molar-refractivity contribution in [1.29, 1.82) is 0 Å². The molecule has 2 N–H and O–H groups in total. The zero-order valence-corrected chi connectivity index (χ0v) is 12.8. The molecule has 2 amide bonds. The van der Waals surface area contributed by atoms with Gasteiger partial charge in [-0.1, -0.05) is 11.6 Å². The fraction of sp³-hybridized carbons (Fsp3) is 0.154. The van der Waals surface area contributed by atoms with Crippen LogP contribution in [0.25, 0.3) is 0 Å². The van der Waals surface area contributed by atoms with E-state index in [1.54, 1.807) is 31.2 Å². The van der Waals surface area contributed by atoms with Gasteiger partial charge >= 0.3 is 12.0 Å². The van der Waals surface area contributed by atoms with Crippen molar-refractivity contribution >= 4 is 45.8 Å². The number of nitrogens with zero attached hydrogens (tertiary/aromatic N) is 2. The van der Waals surface area contributed by atoms with Crippen LogP contribution in [0.1, 0.15) is 16.1 Å². The molecule has 0 aliphatic carbocycles. The topological polar surface area (TPSA) is 82.5 Å². The molecule has 21 heavy (non-hydrogen) atoms. The Balaban J connectivity index is 2.20. The number of aromatic nitrogens is 1. The molecule has 1 aromatic carbocycles. The number of hydrogen-bond acceptors (Lipinski definition) is 4. The van der Waals surface area contributed by atoms with Gasteiger partial charge in [-0.2, -0.15) is 4.37 Å². The molecule has 1 heterocycles. The van der Waals surface area contributed by atoms with Gasteiger partial charge < -0.3 is 10.4 Å². The quantitative estimate of drug-likeness (QED) is 0.905. The van der Waals surface area contributed by atoms with Crippen LogP contribution in [0.3, 0.4) is 0 Å². The van der Waals surface area contributed by atoms with E-state index in [2.05, 4.69) is 9.69 Å². The van der Waals surface area contributed by atoms with Gasteiger partial charge in [0.05, 0.1) is 5.69 Å². The molecule has 0 aliphatic rings. The number of carboxylic acid groups (broad SMARTS) is 1. The molecule has 0 atom stereocenters. The minimum absolute atomic E-state index is 0.0359. The maximum atomic E-state index is 12.1. The number of carbonyl (C=O) groups excluding carboxylic acids is 1. The van der Waals surface area contributed by atoms with Crippen LogP contribution in [0, 0.1) is 6.92 Å². The van der Waals surface area contributed by atoms with Gasteiger partial charge in [0.1, 0.15) is 10.6 Å². The Hall–Kier alpha value is -2.12. The predicted octanol–water partition coefficient (Wildman–Crippen LogP) is 3.47. The van der Waals surface area contributed by atoms with Crippen molar-refractivity contribution in [2.45, 2.75) is 6.92 Å². The first-order chi connectivity index (χ1) is 9.90. The summed E-state index contributed by atoms with van der Waals surface area (Å²) in [5, 5.41) is 12.7. The van der Waals surface area contributed by atoms with Crippen LogP contribution in [0.4, 0.5) is 15.5 Å². The Bertz CT molecular complexity index is 684. The minimum Gasteiger partial charge on any atom is -0.478 e. The van der Waals surface area contributed by atoms with Crippen molar-refractivity contribution in [3.8, 4) is 0 Å². The van der Waals surface area contributed by atoms with E-state index < -0.39 is 12.0 Å². The zero-order valence-electron chi connectivity index (χ0n) is 11.3. The Labute approximate surface area is 130 Å². The zero-order chi connectivity index (χ0) is 15.6. The maximum Gasteiger partial charge on any atom is 0.340 e. The van der Waals surface area contributed by atoms with E-state index in [4.69, 9.17) is 11.6 Å². The second-order valence-corrected chi connectivity index (χ2v) is 5.44. The summed E-state index contributed by atoms with van der Waals surface area (Å²) in [5.41, 5.74) is 0.983. The molecule has 2 rings (SSSR count). The largest absolute Gasteiger partial charge is 0.478 e. The van der Waals surface area contributed by atoms with Crippen LogP contribution >= 0.6 is 23.1 Å². The highest BCUT2D eigenvalue weighted by molar-refractivity contribution is 7.11. The number of nitrogens with one attached hydrogen (secondary N) is 1. The third-order valence-corrected chi connectivity index (χ3v) is 4.03. The number of urea groups is 1. The number of anilines is 2. The molecule has 0 radical (unpaired) electrons. The lowest BCUT2D eigenvalue weighted by Gasteiger charge is -2.16. The summed E-state index contributed by atoms with van der Waals surface area (Å²) in [4.78, 5) is 24.6. The molecule has 0 unspecified atom stereocenters. The highest BCUT2D eigenvalue weighted by atomic mass is 35.5. The van der Waals surface area contributed by atoms with Gasteiger partial charge in [0.25, 0.3) is 0 Å². The molecule has 0 bridgehead atoms. The van der Waals surface area contributed by atoms with E-state index in [0.717, 1.165) is 11.5 Å². The van der Waals surface area contributed by atoms with Gasteiger partial charge in [-0.05, 0) is 42.7 Å². The fourth-order valence-electron chi connectivity index (χ4n) is 1.67. The first kappa shape index (κ1) is 15.3. The monoisotopic (exact) mass is 325 g/mol. The fourth-order valence-corrected chi connectivity index (χ4v) is 2.64. The second kappa shape index (κ2) is 6.11. The number of carbonyl (C=O) groups is 2. The molecule has 1 aromatic heterocycles. The van der Waals surface area contributed by atoms with Crippen molar-refractivity contribution in [2.75, 3.05) is 17.3 Å². The number of aromatic carboxylic acids is 1. The standard InChI is InChI=1S/C13H12ClN3O3S/c1-7-10(12(18)19)11(21-16-7)17(2)13(20)15-9-5-3-8(14)4-6-9/h3-6H,1-2H3,(H,15,20)(H,18,19). The van der Waals surface area contributed by atoms with E-state index in [1.165, 1.54) is 11.9 Å². The first-order valence-corrected chi connectivity index (χ1v) is 7.05. The SMILES string of the molecule is Cc1nsc(N(C)C(=O)Nc2ccc(Cl)cc2)c1C(=O)O. The molecule has 0 saturated carbocycles. The summed E-state index contributed by atoms with van der Waals surface area (Å²) in [7, 11) is 1.49. The average molecular weight is 326 g/mol. The van der Waals surface area contributed by atoms with E-state index >= 15 is 0 Å². The highest BCUT2D eigenvalue weighted by Gasteiger charge is 2.23. The molecule has 0 saturated heterocycles. The summed E-state index contributed by atoms with van der Waals surface area (Å²) in [5.74, 6) is -1.11. The van der Waals surface area contributed by atoms with Gasteiger partial charge in [0.2, 0.25) is 0 Å². The summed E-state index contributed by atoms with van der Waals surface area (Å²) in [6.07, 6.45) is 0. The molecular formula is C13H12ClN3O3S. The number of rotatable bonds is 3. The van der Waals surface area contributed by atoms with Crippen molar-refractivity contribution in [3.05, 3.63) is 40.5 Å². The molecule has 8 heteroatoms. The van der Waals surface area contributed by atoms with Crippen LogP contribution in [-0.4, -0.2) is 28.5 Å². The number of carboxylic acids is 1. The summed E-state index contributed by atoms with van der Waals surface area (Å²) in [6, 6.07) is 6.16. The van der Waals surface area contributed by atoms with E-state index in [0.29, 0.717) is 16.4 Å². The van der Waals surface area contributed by atoms with Crippen LogP contribution in [0.2, 0.25) is 5.02 Å². The first-order valence-electron chi connectivity index (χ1n) is 5.90. The maximum absolute atomic E-state index is 12.1. The second-order valence-electron chi connectivity index (χ2n) is 4.25. The van der Waals surface area contributed by atoms with Crippen LogP contribution in [0.15, 0.2) is 24.3 Å². The number of hydrogen-bond donors (Lipinski definition) is 2. The molecule has 2 aromatic rings. The lowest BCUT2D eigenvalue weighted by molar-refractivity contribution is 0.0697. The van der Waals surface area contributed by atoms with E-state index in [-0.39, 0.29) is 10.6 Å².